The van der Waals surface area contributed by atoms with Crippen molar-refractivity contribution in [1.82, 2.24) is 5.16 Å². The number of hydrogen-bond acceptors (Lipinski definition) is 6. The van der Waals surface area contributed by atoms with Gasteiger partial charge in [0, 0.05) is 6.07 Å². The summed E-state index contributed by atoms with van der Waals surface area (Å²) >= 11 is 3.15. The highest BCUT2D eigenvalue weighted by Gasteiger charge is 2.12. The lowest BCUT2D eigenvalue weighted by atomic mass is 10.3. The Hall–Kier alpha value is -2.61. The van der Waals surface area contributed by atoms with E-state index >= 15 is 0 Å². The maximum absolute atomic E-state index is 13.0. The number of carbonyl (C=O) groups is 1. The van der Waals surface area contributed by atoms with E-state index in [1.165, 1.54) is 24.5 Å². The van der Waals surface area contributed by atoms with Crippen LogP contribution in [0.15, 0.2) is 56.1 Å². The monoisotopic (exact) mass is 395 g/mol. The first-order chi connectivity index (χ1) is 11.6. The normalized spacial score (nSPS) is 10.6. The molecule has 1 aromatic carbocycles. The minimum absolute atomic E-state index is 0.0585. The van der Waals surface area contributed by atoms with Crippen LogP contribution in [0.3, 0.4) is 0 Å². The van der Waals surface area contributed by atoms with Gasteiger partial charge in [0.05, 0.1) is 10.7 Å². The topological polar surface area (TPSA) is 74.7 Å². The molecule has 2 heterocycles. The molecule has 0 saturated heterocycles. The van der Waals surface area contributed by atoms with Gasteiger partial charge in [0.15, 0.2) is 12.4 Å². The van der Waals surface area contributed by atoms with E-state index < -0.39 is 11.8 Å². The molecule has 0 spiro atoms. The average Bonchev–Trinajstić information content (AvgIpc) is 3.23. The van der Waals surface area contributed by atoms with Crippen LogP contribution in [-0.4, -0.2) is 17.7 Å². The highest BCUT2D eigenvalue weighted by atomic mass is 79.9. The second kappa shape index (κ2) is 7.31. The quantitative estimate of drug-likeness (QED) is 0.588. The number of rotatable bonds is 6. The molecule has 0 N–H and O–H groups in total. The van der Waals surface area contributed by atoms with Gasteiger partial charge in [-0.1, -0.05) is 5.16 Å². The minimum Gasteiger partial charge on any atom is -0.481 e. The van der Waals surface area contributed by atoms with Gasteiger partial charge in [-0.3, -0.25) is 0 Å². The van der Waals surface area contributed by atoms with Gasteiger partial charge in [0.2, 0.25) is 5.76 Å². The summed E-state index contributed by atoms with van der Waals surface area (Å²) < 4.78 is 33.9. The van der Waals surface area contributed by atoms with E-state index in [1.807, 2.05) is 0 Å². The summed E-state index contributed by atoms with van der Waals surface area (Å²) in [6.45, 7) is -0.371. The summed E-state index contributed by atoms with van der Waals surface area (Å²) in [6.07, 6.45) is 1.52. The van der Waals surface area contributed by atoms with Gasteiger partial charge in [-0.15, -0.1) is 0 Å². The second-order valence-corrected chi connectivity index (χ2v) is 5.54. The zero-order valence-electron chi connectivity index (χ0n) is 12.2. The van der Waals surface area contributed by atoms with Crippen molar-refractivity contribution in [2.24, 2.45) is 0 Å². The highest BCUT2D eigenvalue weighted by Crippen LogP contribution is 2.25. The molecule has 124 valence electrons. The molecule has 8 heteroatoms. The molecule has 0 fully saturated rings. The lowest BCUT2D eigenvalue weighted by molar-refractivity contribution is -0.147. The Morgan fingerprint density at radius 2 is 2.12 bits per heavy atom. The molecule has 0 bridgehead atoms. The minimum atomic E-state index is -0.589. The molecule has 0 aliphatic carbocycles. The Kier molecular flexibility index (Phi) is 4.95. The van der Waals surface area contributed by atoms with Crippen LogP contribution in [0.2, 0.25) is 0 Å². The zero-order chi connectivity index (χ0) is 16.9. The van der Waals surface area contributed by atoms with E-state index in [-0.39, 0.29) is 13.2 Å². The second-order valence-electron chi connectivity index (χ2n) is 4.68. The largest absolute Gasteiger partial charge is 0.481 e. The van der Waals surface area contributed by atoms with E-state index in [1.54, 1.807) is 18.2 Å². The Bertz CT molecular complexity index is 831. The zero-order valence-corrected chi connectivity index (χ0v) is 13.8. The van der Waals surface area contributed by atoms with Gasteiger partial charge in [-0.05, 0) is 46.3 Å². The van der Waals surface area contributed by atoms with E-state index in [2.05, 4.69) is 21.1 Å². The summed E-state index contributed by atoms with van der Waals surface area (Å²) in [5.74, 6) is 0.320. The van der Waals surface area contributed by atoms with Gasteiger partial charge < -0.3 is 18.4 Å². The van der Waals surface area contributed by atoms with Gasteiger partial charge in [0.25, 0.3) is 0 Å². The number of benzene rings is 1. The number of aromatic nitrogens is 1. The summed E-state index contributed by atoms with van der Waals surface area (Å²) in [4.78, 5) is 11.7. The number of carbonyl (C=O) groups excluding carboxylic acids is 1. The number of hydrogen-bond donors (Lipinski definition) is 0. The number of halogens is 2. The van der Waals surface area contributed by atoms with Crippen LogP contribution in [0.25, 0.3) is 11.5 Å². The van der Waals surface area contributed by atoms with Crippen molar-refractivity contribution in [3.05, 3.63) is 58.6 Å². The van der Waals surface area contributed by atoms with Crippen molar-refractivity contribution in [3.8, 4) is 17.3 Å². The molecule has 0 radical (unpaired) electrons. The summed E-state index contributed by atoms with van der Waals surface area (Å²) in [6, 6.07) is 8.96. The number of nitrogens with zero attached hydrogens (tertiary/aromatic N) is 1. The number of esters is 1. The SMILES string of the molecule is O=C(COc1ccc(F)cc1Br)OCc1cc(-c2ccco2)on1. The van der Waals surface area contributed by atoms with E-state index in [0.717, 1.165) is 0 Å². The Morgan fingerprint density at radius 3 is 2.88 bits per heavy atom. The maximum atomic E-state index is 13.0. The third-order valence-electron chi connectivity index (χ3n) is 2.94. The van der Waals surface area contributed by atoms with Gasteiger partial charge >= 0.3 is 5.97 Å². The summed E-state index contributed by atoms with van der Waals surface area (Å²) in [5, 5.41) is 3.78. The first-order valence-electron chi connectivity index (χ1n) is 6.85. The van der Waals surface area contributed by atoms with Crippen molar-refractivity contribution in [2.45, 2.75) is 6.61 Å². The first kappa shape index (κ1) is 16.3. The third kappa shape index (κ3) is 4.02. The van der Waals surface area contributed by atoms with Crippen LogP contribution in [-0.2, 0) is 16.1 Å². The van der Waals surface area contributed by atoms with Crippen LogP contribution >= 0.6 is 15.9 Å². The van der Waals surface area contributed by atoms with Crippen molar-refractivity contribution in [1.29, 1.82) is 0 Å². The molecular formula is C16H11BrFNO5. The fourth-order valence-electron chi connectivity index (χ4n) is 1.84. The molecule has 0 aliphatic rings. The molecule has 0 unspecified atom stereocenters. The fraction of sp³-hybridized carbons (Fsp3) is 0.125. The lowest BCUT2D eigenvalue weighted by Gasteiger charge is -2.07. The van der Waals surface area contributed by atoms with E-state index in [0.29, 0.717) is 27.4 Å². The predicted molar refractivity (Wildman–Crippen MR) is 83.6 cm³/mol. The molecule has 2 aromatic heterocycles. The van der Waals surface area contributed by atoms with Crippen LogP contribution in [0.1, 0.15) is 5.69 Å². The highest BCUT2D eigenvalue weighted by molar-refractivity contribution is 9.10. The smallest absolute Gasteiger partial charge is 0.344 e. The molecule has 6 nitrogen and oxygen atoms in total. The molecule has 0 atom stereocenters. The summed E-state index contributed by atoms with van der Waals surface area (Å²) in [5.41, 5.74) is 0.442. The van der Waals surface area contributed by atoms with Crippen LogP contribution in [0.5, 0.6) is 5.75 Å². The molecule has 24 heavy (non-hydrogen) atoms. The van der Waals surface area contributed by atoms with Crippen LogP contribution in [0.4, 0.5) is 4.39 Å². The molecule has 0 saturated carbocycles. The average molecular weight is 396 g/mol. The first-order valence-corrected chi connectivity index (χ1v) is 7.64. The van der Waals surface area contributed by atoms with E-state index in [4.69, 9.17) is 18.4 Å². The van der Waals surface area contributed by atoms with Crippen molar-refractivity contribution < 1.29 is 27.6 Å². The lowest BCUT2D eigenvalue weighted by Crippen LogP contribution is -2.15. The van der Waals surface area contributed by atoms with Gasteiger partial charge in [-0.25, -0.2) is 9.18 Å². The van der Waals surface area contributed by atoms with E-state index in [9.17, 15) is 9.18 Å². The van der Waals surface area contributed by atoms with Crippen molar-refractivity contribution in [2.75, 3.05) is 6.61 Å². The third-order valence-corrected chi connectivity index (χ3v) is 3.56. The Labute approximate surface area is 144 Å². The molecular weight excluding hydrogens is 385 g/mol. The number of ether oxygens (including phenoxy) is 2. The number of furan rings is 1. The molecule has 0 amide bonds. The van der Waals surface area contributed by atoms with Crippen LogP contribution < -0.4 is 4.74 Å². The van der Waals surface area contributed by atoms with Gasteiger partial charge in [-0.2, -0.15) is 0 Å². The molecule has 3 aromatic rings. The molecule has 0 aliphatic heterocycles. The predicted octanol–water partition coefficient (Wildman–Crippen LogP) is 3.96. The fourth-order valence-corrected chi connectivity index (χ4v) is 2.31. The van der Waals surface area contributed by atoms with Crippen molar-refractivity contribution in [3.63, 3.8) is 0 Å². The van der Waals surface area contributed by atoms with Crippen molar-refractivity contribution >= 4 is 21.9 Å². The van der Waals surface area contributed by atoms with Crippen LogP contribution in [0, 0.1) is 5.82 Å². The maximum Gasteiger partial charge on any atom is 0.344 e. The summed E-state index contributed by atoms with van der Waals surface area (Å²) in [7, 11) is 0. The molecule has 3 rings (SSSR count). The van der Waals surface area contributed by atoms with Gasteiger partial charge in [0.1, 0.15) is 23.9 Å². The Balaban J connectivity index is 1.49. The Morgan fingerprint density at radius 1 is 1.25 bits per heavy atom. The standard InChI is InChI=1S/C16H11BrFNO5/c17-12-6-10(18)3-4-13(12)22-9-16(20)23-8-11-7-15(24-19-11)14-2-1-5-21-14/h1-7H,8-9H2.